The smallest absolute Gasteiger partial charge is 0.264 e. The van der Waals surface area contributed by atoms with Crippen LogP contribution in [0.15, 0.2) is 33.4 Å². The summed E-state index contributed by atoms with van der Waals surface area (Å²) in [6, 6.07) is 8.42. The molecule has 94 valence electrons. The summed E-state index contributed by atoms with van der Waals surface area (Å²) >= 11 is 6.64. The van der Waals surface area contributed by atoms with Gasteiger partial charge in [-0.1, -0.05) is 6.07 Å². The van der Waals surface area contributed by atoms with Crippen LogP contribution in [0.1, 0.15) is 27.4 Å². The molecule has 0 spiro atoms. The average molecular weight is 342 g/mol. The molecule has 2 aromatic rings. The van der Waals surface area contributed by atoms with E-state index in [9.17, 15) is 4.79 Å². The van der Waals surface area contributed by atoms with Gasteiger partial charge in [-0.25, -0.2) is 0 Å². The Morgan fingerprint density at radius 1 is 1.39 bits per heavy atom. The molecule has 5 heteroatoms. The van der Waals surface area contributed by atoms with E-state index in [1.54, 1.807) is 11.3 Å². The lowest BCUT2D eigenvalue weighted by Crippen LogP contribution is -2.31. The van der Waals surface area contributed by atoms with Gasteiger partial charge in [-0.15, -0.1) is 22.7 Å². The first kappa shape index (κ1) is 12.4. The molecule has 1 fully saturated rings. The highest BCUT2D eigenvalue weighted by Crippen LogP contribution is 2.32. The molecule has 0 N–H and O–H groups in total. The third-order valence-corrected chi connectivity index (χ3v) is 5.41. The maximum Gasteiger partial charge on any atom is 0.264 e. The van der Waals surface area contributed by atoms with Gasteiger partial charge < -0.3 is 4.90 Å². The van der Waals surface area contributed by atoms with Crippen LogP contribution < -0.4 is 0 Å². The van der Waals surface area contributed by atoms with E-state index in [0.29, 0.717) is 6.04 Å². The standard InChI is InChI=1S/C13H12BrNOS2/c14-12-6-5-11(18-12)13(16)15(9-3-4-9)8-10-2-1-7-17-10/h1-2,5-7,9H,3-4,8H2. The summed E-state index contributed by atoms with van der Waals surface area (Å²) in [6.07, 6.45) is 2.29. The van der Waals surface area contributed by atoms with Gasteiger partial charge in [0.1, 0.15) is 0 Å². The zero-order valence-electron chi connectivity index (χ0n) is 9.64. The molecule has 3 rings (SSSR count). The first-order chi connectivity index (χ1) is 8.74. The van der Waals surface area contributed by atoms with Crippen LogP contribution in [0.3, 0.4) is 0 Å². The number of rotatable bonds is 4. The molecule has 0 aromatic carbocycles. The Hall–Kier alpha value is -0.650. The molecular formula is C13H12BrNOS2. The first-order valence-corrected chi connectivity index (χ1v) is 8.31. The largest absolute Gasteiger partial charge is 0.330 e. The van der Waals surface area contributed by atoms with Crippen LogP contribution in [0.25, 0.3) is 0 Å². The number of carbonyl (C=O) groups is 1. The summed E-state index contributed by atoms with van der Waals surface area (Å²) < 4.78 is 1.01. The van der Waals surface area contributed by atoms with Crippen LogP contribution in [0.2, 0.25) is 0 Å². The van der Waals surface area contributed by atoms with Crippen molar-refractivity contribution in [1.29, 1.82) is 0 Å². The molecule has 2 nitrogen and oxygen atoms in total. The molecule has 18 heavy (non-hydrogen) atoms. The minimum Gasteiger partial charge on any atom is -0.330 e. The number of nitrogens with zero attached hydrogens (tertiary/aromatic N) is 1. The lowest BCUT2D eigenvalue weighted by atomic mass is 10.3. The van der Waals surface area contributed by atoms with E-state index in [1.807, 2.05) is 23.1 Å². The fraction of sp³-hybridized carbons (Fsp3) is 0.308. The van der Waals surface area contributed by atoms with Crippen molar-refractivity contribution in [1.82, 2.24) is 4.90 Å². The second-order valence-electron chi connectivity index (χ2n) is 4.35. The quantitative estimate of drug-likeness (QED) is 0.808. The van der Waals surface area contributed by atoms with Crippen molar-refractivity contribution in [2.75, 3.05) is 0 Å². The summed E-state index contributed by atoms with van der Waals surface area (Å²) in [7, 11) is 0. The summed E-state index contributed by atoms with van der Waals surface area (Å²) in [6.45, 7) is 0.747. The summed E-state index contributed by atoms with van der Waals surface area (Å²) in [5.74, 6) is 0.168. The second-order valence-corrected chi connectivity index (χ2v) is 7.84. The predicted molar refractivity (Wildman–Crippen MR) is 79.2 cm³/mol. The third kappa shape index (κ3) is 2.68. The molecule has 1 aliphatic rings. The lowest BCUT2D eigenvalue weighted by Gasteiger charge is -2.20. The van der Waals surface area contributed by atoms with Crippen molar-refractivity contribution in [3.05, 3.63) is 43.2 Å². The minimum absolute atomic E-state index is 0.168. The fourth-order valence-electron chi connectivity index (χ4n) is 1.89. The van der Waals surface area contributed by atoms with Gasteiger partial charge in [0.2, 0.25) is 0 Å². The minimum atomic E-state index is 0.168. The Bertz CT molecular complexity index is 545. The Labute approximate surface area is 122 Å². The van der Waals surface area contributed by atoms with E-state index < -0.39 is 0 Å². The van der Waals surface area contributed by atoms with Crippen molar-refractivity contribution in [2.24, 2.45) is 0 Å². The average Bonchev–Trinajstić information content (AvgIpc) is 2.88. The molecule has 0 aliphatic heterocycles. The third-order valence-electron chi connectivity index (χ3n) is 2.94. The van der Waals surface area contributed by atoms with Crippen LogP contribution in [-0.4, -0.2) is 16.8 Å². The zero-order chi connectivity index (χ0) is 12.5. The predicted octanol–water partition coefficient (Wildman–Crippen LogP) is 4.38. The Morgan fingerprint density at radius 3 is 2.78 bits per heavy atom. The van der Waals surface area contributed by atoms with Crippen LogP contribution in [0.4, 0.5) is 0 Å². The van der Waals surface area contributed by atoms with Gasteiger partial charge in [-0.3, -0.25) is 4.79 Å². The van der Waals surface area contributed by atoms with E-state index >= 15 is 0 Å². The normalized spacial score (nSPS) is 14.7. The lowest BCUT2D eigenvalue weighted by molar-refractivity contribution is 0.0736. The molecule has 1 saturated carbocycles. The summed E-state index contributed by atoms with van der Waals surface area (Å²) in [5, 5.41) is 2.06. The van der Waals surface area contributed by atoms with Gasteiger partial charge in [-0.2, -0.15) is 0 Å². The highest BCUT2D eigenvalue weighted by atomic mass is 79.9. The Kier molecular flexibility index (Phi) is 3.54. The van der Waals surface area contributed by atoms with Crippen molar-refractivity contribution in [3.63, 3.8) is 0 Å². The molecule has 0 radical (unpaired) electrons. The molecule has 0 atom stereocenters. The van der Waals surface area contributed by atoms with Crippen molar-refractivity contribution >= 4 is 44.5 Å². The van der Waals surface area contributed by atoms with Gasteiger partial charge in [0, 0.05) is 10.9 Å². The monoisotopic (exact) mass is 341 g/mol. The number of thiophene rings is 2. The number of halogens is 1. The van der Waals surface area contributed by atoms with Gasteiger partial charge in [0.25, 0.3) is 5.91 Å². The van der Waals surface area contributed by atoms with Crippen molar-refractivity contribution in [3.8, 4) is 0 Å². The molecule has 2 heterocycles. The van der Waals surface area contributed by atoms with E-state index in [0.717, 1.165) is 28.0 Å². The fourth-order valence-corrected chi connectivity index (χ4v) is 3.94. The van der Waals surface area contributed by atoms with Crippen molar-refractivity contribution in [2.45, 2.75) is 25.4 Å². The highest BCUT2D eigenvalue weighted by Gasteiger charge is 2.33. The van der Waals surface area contributed by atoms with Gasteiger partial charge in [-0.05, 0) is 52.4 Å². The topological polar surface area (TPSA) is 20.3 Å². The van der Waals surface area contributed by atoms with Crippen molar-refractivity contribution < 1.29 is 4.79 Å². The molecule has 2 aromatic heterocycles. The molecule has 1 aliphatic carbocycles. The summed E-state index contributed by atoms with van der Waals surface area (Å²) in [4.78, 5) is 16.6. The van der Waals surface area contributed by atoms with Crippen LogP contribution in [-0.2, 0) is 6.54 Å². The zero-order valence-corrected chi connectivity index (χ0v) is 12.9. The van der Waals surface area contributed by atoms with Crippen LogP contribution >= 0.6 is 38.6 Å². The Morgan fingerprint density at radius 2 is 2.22 bits per heavy atom. The number of hydrogen-bond donors (Lipinski definition) is 0. The van der Waals surface area contributed by atoms with Crippen LogP contribution in [0, 0.1) is 0 Å². The summed E-state index contributed by atoms with van der Waals surface area (Å²) in [5.41, 5.74) is 0. The van der Waals surface area contributed by atoms with E-state index in [1.165, 1.54) is 16.2 Å². The SMILES string of the molecule is O=C(c1ccc(Br)s1)N(Cc1cccs1)C1CC1. The molecular weight excluding hydrogens is 330 g/mol. The maximum atomic E-state index is 12.5. The van der Waals surface area contributed by atoms with Gasteiger partial charge >= 0.3 is 0 Å². The number of amides is 1. The van der Waals surface area contributed by atoms with Gasteiger partial charge in [0.15, 0.2) is 0 Å². The van der Waals surface area contributed by atoms with E-state index in [-0.39, 0.29) is 5.91 Å². The second kappa shape index (κ2) is 5.15. The molecule has 0 saturated heterocycles. The van der Waals surface area contributed by atoms with E-state index in [4.69, 9.17) is 0 Å². The highest BCUT2D eigenvalue weighted by molar-refractivity contribution is 9.11. The maximum absolute atomic E-state index is 12.5. The van der Waals surface area contributed by atoms with Crippen LogP contribution in [0.5, 0.6) is 0 Å². The molecule has 0 unspecified atom stereocenters. The molecule has 0 bridgehead atoms. The van der Waals surface area contributed by atoms with Gasteiger partial charge in [0.05, 0.1) is 15.2 Å². The first-order valence-electron chi connectivity index (χ1n) is 5.83. The number of carbonyl (C=O) groups excluding carboxylic acids is 1. The number of hydrogen-bond acceptors (Lipinski definition) is 3. The molecule has 1 amide bonds. The Balaban J connectivity index is 1.79. The van der Waals surface area contributed by atoms with E-state index in [2.05, 4.69) is 27.4 Å².